The third-order valence-corrected chi connectivity index (χ3v) is 3.51. The quantitative estimate of drug-likeness (QED) is 0.898. The molecule has 1 aromatic carbocycles. The highest BCUT2D eigenvalue weighted by Gasteiger charge is 2.33. The molecule has 19 heavy (non-hydrogen) atoms. The Morgan fingerprint density at radius 1 is 1.47 bits per heavy atom. The molecule has 1 amide bonds. The summed E-state index contributed by atoms with van der Waals surface area (Å²) in [5.74, 6) is 0.702. The van der Waals surface area contributed by atoms with E-state index in [9.17, 15) is 9.90 Å². The molecule has 1 aliphatic heterocycles. The van der Waals surface area contributed by atoms with Crippen molar-refractivity contribution in [1.29, 1.82) is 0 Å². The summed E-state index contributed by atoms with van der Waals surface area (Å²) >= 11 is 0. The van der Waals surface area contributed by atoms with Gasteiger partial charge >= 0.3 is 0 Å². The van der Waals surface area contributed by atoms with Crippen LogP contribution in [-0.4, -0.2) is 41.2 Å². The first-order chi connectivity index (χ1) is 9.02. The number of para-hydroxylation sites is 1. The number of β-amino-alcohol motifs (C(OH)–C–C–N with tert-alkyl or cyclic N) is 1. The number of carbonyl (C=O) groups excluding carboxylic acids is 1. The van der Waals surface area contributed by atoms with Gasteiger partial charge in [0.25, 0.3) is 5.91 Å². The number of likely N-dealkylation sites (tertiary alicyclic amines) is 1. The predicted molar refractivity (Wildman–Crippen MR) is 73.1 cm³/mol. The van der Waals surface area contributed by atoms with E-state index in [1.165, 1.54) is 0 Å². The van der Waals surface area contributed by atoms with Gasteiger partial charge in [-0.1, -0.05) is 25.1 Å². The molecular formula is C15H21NO3. The molecule has 1 heterocycles. The molecule has 1 N–H and O–H groups in total. The number of benzene rings is 1. The molecule has 1 fully saturated rings. The Kier molecular flexibility index (Phi) is 4.10. The molecule has 1 aromatic rings. The van der Waals surface area contributed by atoms with E-state index in [1.807, 2.05) is 24.3 Å². The van der Waals surface area contributed by atoms with Gasteiger partial charge in [-0.3, -0.25) is 4.79 Å². The monoisotopic (exact) mass is 263 g/mol. The van der Waals surface area contributed by atoms with Gasteiger partial charge in [0, 0.05) is 13.1 Å². The SMILES string of the molecule is CCc1ccccc1OCC(=O)N1CC[C@](C)(O)C1. The summed E-state index contributed by atoms with van der Waals surface area (Å²) in [5.41, 5.74) is 0.348. The molecule has 0 bridgehead atoms. The van der Waals surface area contributed by atoms with E-state index in [0.29, 0.717) is 19.5 Å². The Labute approximate surface area is 114 Å². The molecule has 1 saturated heterocycles. The fourth-order valence-corrected chi connectivity index (χ4v) is 2.33. The van der Waals surface area contributed by atoms with E-state index in [1.54, 1.807) is 11.8 Å². The van der Waals surface area contributed by atoms with Crippen molar-refractivity contribution in [3.05, 3.63) is 29.8 Å². The molecular weight excluding hydrogens is 242 g/mol. The Hall–Kier alpha value is -1.55. The Morgan fingerprint density at radius 3 is 2.84 bits per heavy atom. The van der Waals surface area contributed by atoms with Crippen molar-refractivity contribution in [3.63, 3.8) is 0 Å². The van der Waals surface area contributed by atoms with E-state index >= 15 is 0 Å². The first-order valence-corrected chi connectivity index (χ1v) is 6.73. The van der Waals surface area contributed by atoms with E-state index < -0.39 is 5.60 Å². The minimum Gasteiger partial charge on any atom is -0.483 e. The lowest BCUT2D eigenvalue weighted by Gasteiger charge is -2.19. The topological polar surface area (TPSA) is 49.8 Å². The summed E-state index contributed by atoms with van der Waals surface area (Å²) in [6, 6.07) is 7.75. The van der Waals surface area contributed by atoms with Gasteiger partial charge < -0.3 is 14.7 Å². The van der Waals surface area contributed by atoms with E-state index in [2.05, 4.69) is 6.92 Å². The number of hydrogen-bond acceptors (Lipinski definition) is 3. The summed E-state index contributed by atoms with van der Waals surface area (Å²) in [7, 11) is 0. The van der Waals surface area contributed by atoms with Gasteiger partial charge in [-0.25, -0.2) is 0 Å². The molecule has 2 rings (SSSR count). The standard InChI is InChI=1S/C15H21NO3/c1-3-12-6-4-5-7-13(12)19-10-14(17)16-9-8-15(2,18)11-16/h4-7,18H,3,8-11H2,1-2H3/t15-/m0/s1. The third-order valence-electron chi connectivity index (χ3n) is 3.51. The molecule has 0 unspecified atom stereocenters. The molecule has 0 saturated carbocycles. The van der Waals surface area contributed by atoms with Crippen LogP contribution in [0.5, 0.6) is 5.75 Å². The number of aliphatic hydroxyl groups is 1. The van der Waals surface area contributed by atoms with Crippen LogP contribution in [0.3, 0.4) is 0 Å². The number of hydrogen-bond donors (Lipinski definition) is 1. The third kappa shape index (κ3) is 3.47. The summed E-state index contributed by atoms with van der Waals surface area (Å²) in [6.45, 7) is 4.84. The molecule has 4 heteroatoms. The number of aryl methyl sites for hydroxylation is 1. The van der Waals surface area contributed by atoms with Crippen molar-refractivity contribution in [2.75, 3.05) is 19.7 Å². The fraction of sp³-hybridized carbons (Fsp3) is 0.533. The van der Waals surface area contributed by atoms with Crippen LogP contribution in [0.25, 0.3) is 0 Å². The molecule has 0 aromatic heterocycles. The van der Waals surface area contributed by atoms with Gasteiger partial charge in [-0.15, -0.1) is 0 Å². The molecule has 1 aliphatic rings. The first-order valence-electron chi connectivity index (χ1n) is 6.73. The van der Waals surface area contributed by atoms with Gasteiger partial charge in [0.2, 0.25) is 0 Å². The van der Waals surface area contributed by atoms with Crippen LogP contribution in [0.2, 0.25) is 0 Å². The lowest BCUT2D eigenvalue weighted by molar-refractivity contribution is -0.133. The lowest BCUT2D eigenvalue weighted by Crippen LogP contribution is -2.36. The van der Waals surface area contributed by atoms with Gasteiger partial charge in [-0.05, 0) is 31.4 Å². The highest BCUT2D eigenvalue weighted by atomic mass is 16.5. The molecule has 1 atom stereocenters. The average Bonchev–Trinajstić information content (AvgIpc) is 2.76. The van der Waals surface area contributed by atoms with Crippen molar-refractivity contribution >= 4 is 5.91 Å². The summed E-state index contributed by atoms with van der Waals surface area (Å²) in [6.07, 6.45) is 1.51. The zero-order valence-electron chi connectivity index (χ0n) is 11.6. The normalized spacial score (nSPS) is 22.6. The minimum atomic E-state index is -0.753. The van der Waals surface area contributed by atoms with Crippen LogP contribution >= 0.6 is 0 Å². The van der Waals surface area contributed by atoms with Crippen molar-refractivity contribution in [3.8, 4) is 5.75 Å². The van der Waals surface area contributed by atoms with Crippen LogP contribution < -0.4 is 4.74 Å². The molecule has 104 valence electrons. The first kappa shape index (κ1) is 13.9. The second-order valence-electron chi connectivity index (χ2n) is 5.31. The maximum atomic E-state index is 12.0. The number of carbonyl (C=O) groups is 1. The number of ether oxygens (including phenoxy) is 1. The Morgan fingerprint density at radius 2 is 2.21 bits per heavy atom. The molecule has 0 aliphatic carbocycles. The van der Waals surface area contributed by atoms with E-state index in [0.717, 1.165) is 17.7 Å². The molecule has 0 spiro atoms. The number of rotatable bonds is 4. The van der Waals surface area contributed by atoms with E-state index in [-0.39, 0.29) is 12.5 Å². The highest BCUT2D eigenvalue weighted by molar-refractivity contribution is 5.78. The molecule has 4 nitrogen and oxygen atoms in total. The zero-order valence-corrected chi connectivity index (χ0v) is 11.6. The largest absolute Gasteiger partial charge is 0.483 e. The van der Waals surface area contributed by atoms with Gasteiger partial charge in [0.15, 0.2) is 6.61 Å². The smallest absolute Gasteiger partial charge is 0.260 e. The second-order valence-corrected chi connectivity index (χ2v) is 5.31. The number of nitrogens with zero attached hydrogens (tertiary/aromatic N) is 1. The van der Waals surface area contributed by atoms with Crippen LogP contribution in [0.15, 0.2) is 24.3 Å². The van der Waals surface area contributed by atoms with Crippen LogP contribution in [-0.2, 0) is 11.2 Å². The average molecular weight is 263 g/mol. The number of amides is 1. The predicted octanol–water partition coefficient (Wildman–Crippen LogP) is 1.61. The second kappa shape index (κ2) is 5.61. The fourth-order valence-electron chi connectivity index (χ4n) is 2.33. The summed E-state index contributed by atoms with van der Waals surface area (Å²) < 4.78 is 5.60. The van der Waals surface area contributed by atoms with Crippen LogP contribution in [0, 0.1) is 0 Å². The molecule has 0 radical (unpaired) electrons. The Balaban J connectivity index is 1.90. The zero-order chi connectivity index (χ0) is 13.9. The van der Waals surface area contributed by atoms with Gasteiger partial charge in [0.1, 0.15) is 5.75 Å². The van der Waals surface area contributed by atoms with Crippen LogP contribution in [0.4, 0.5) is 0 Å². The maximum absolute atomic E-state index is 12.0. The van der Waals surface area contributed by atoms with Crippen LogP contribution in [0.1, 0.15) is 25.8 Å². The van der Waals surface area contributed by atoms with Gasteiger partial charge in [0.05, 0.1) is 5.60 Å². The van der Waals surface area contributed by atoms with Crippen molar-refractivity contribution in [2.24, 2.45) is 0 Å². The summed E-state index contributed by atoms with van der Waals surface area (Å²) in [4.78, 5) is 13.7. The van der Waals surface area contributed by atoms with Crippen molar-refractivity contribution in [1.82, 2.24) is 4.90 Å². The lowest BCUT2D eigenvalue weighted by atomic mass is 10.1. The minimum absolute atomic E-state index is 0.0348. The van der Waals surface area contributed by atoms with E-state index in [4.69, 9.17) is 4.74 Å². The van der Waals surface area contributed by atoms with Crippen molar-refractivity contribution < 1.29 is 14.6 Å². The van der Waals surface area contributed by atoms with Crippen molar-refractivity contribution in [2.45, 2.75) is 32.3 Å². The Bertz CT molecular complexity index is 456. The van der Waals surface area contributed by atoms with Gasteiger partial charge in [-0.2, -0.15) is 0 Å². The maximum Gasteiger partial charge on any atom is 0.260 e. The summed E-state index contributed by atoms with van der Waals surface area (Å²) in [5, 5.41) is 9.85. The highest BCUT2D eigenvalue weighted by Crippen LogP contribution is 2.21.